The Morgan fingerprint density at radius 3 is 2.58 bits per heavy atom. The normalized spacial score (nSPS) is 9.42. The summed E-state index contributed by atoms with van der Waals surface area (Å²) in [5.41, 5.74) is 0. The number of halogens is 2. The molecule has 0 aliphatic heterocycles. The third kappa shape index (κ3) is 1.87. The Hall–Kier alpha value is 0.0900. The number of nitrogens with zero attached hydrogens (tertiary/aromatic N) is 1. The van der Waals surface area contributed by atoms with Crippen LogP contribution in [0.1, 0.15) is 0 Å². The summed E-state index contributed by atoms with van der Waals surface area (Å²) < 4.78 is 1.21. The van der Waals surface area contributed by atoms with Crippen molar-refractivity contribution in [2.24, 2.45) is 0 Å². The van der Waals surface area contributed by atoms with Crippen LogP contribution in [-0.4, -0.2) is 4.98 Å². The van der Waals surface area contributed by atoms with Gasteiger partial charge in [-0.1, -0.05) is 24.3 Å². The van der Waals surface area contributed by atoms with Crippen molar-refractivity contribution in [1.82, 2.24) is 4.98 Å². The largest absolute Gasteiger partial charge is 0.263 e. The van der Waals surface area contributed by atoms with Crippen molar-refractivity contribution in [1.29, 1.82) is 0 Å². The van der Waals surface area contributed by atoms with E-state index in [1.807, 2.05) is 24.5 Å². The SMILES string of the molecule is I.Ic1cncc2ccccc12. The van der Waals surface area contributed by atoms with Crippen LogP contribution >= 0.6 is 46.6 Å². The van der Waals surface area contributed by atoms with Crippen molar-refractivity contribution in [3.8, 4) is 0 Å². The van der Waals surface area contributed by atoms with E-state index >= 15 is 0 Å². The predicted molar refractivity (Wildman–Crippen MR) is 69.9 cm³/mol. The maximum Gasteiger partial charge on any atom is 0.0408 e. The molecule has 0 saturated carbocycles. The first-order valence-corrected chi connectivity index (χ1v) is 4.44. The molecule has 0 unspecified atom stereocenters. The van der Waals surface area contributed by atoms with Gasteiger partial charge < -0.3 is 0 Å². The maximum atomic E-state index is 4.10. The highest BCUT2D eigenvalue weighted by atomic mass is 127. The lowest BCUT2D eigenvalue weighted by atomic mass is 10.2. The van der Waals surface area contributed by atoms with Gasteiger partial charge in [-0.2, -0.15) is 0 Å². The van der Waals surface area contributed by atoms with Crippen molar-refractivity contribution in [2.45, 2.75) is 0 Å². The molecule has 0 aliphatic rings. The lowest BCUT2D eigenvalue weighted by Gasteiger charge is -1.96. The fraction of sp³-hybridized carbons (Fsp3) is 0. The van der Waals surface area contributed by atoms with Crippen molar-refractivity contribution < 1.29 is 0 Å². The molecule has 62 valence electrons. The van der Waals surface area contributed by atoms with E-state index in [1.54, 1.807) is 0 Å². The number of hydrogen-bond donors (Lipinski definition) is 0. The Labute approximate surface area is 102 Å². The molecule has 0 amide bonds. The van der Waals surface area contributed by atoms with Gasteiger partial charge in [0, 0.05) is 21.4 Å². The number of hydrogen-bond acceptors (Lipinski definition) is 1. The van der Waals surface area contributed by atoms with Crippen molar-refractivity contribution in [2.75, 3.05) is 0 Å². The average Bonchev–Trinajstić information content (AvgIpc) is 2.06. The van der Waals surface area contributed by atoms with E-state index in [-0.39, 0.29) is 24.0 Å². The minimum Gasteiger partial charge on any atom is -0.263 e. The van der Waals surface area contributed by atoms with E-state index in [4.69, 9.17) is 0 Å². The molecule has 1 aromatic carbocycles. The molecule has 0 aliphatic carbocycles. The Kier molecular flexibility index (Phi) is 3.70. The standard InChI is InChI=1S/C9H6IN.HI/c10-9-6-11-5-7-3-1-2-4-8(7)9;/h1-6H;1H. The molecule has 0 bridgehead atoms. The minimum atomic E-state index is 0. The van der Waals surface area contributed by atoms with Gasteiger partial charge in [0.25, 0.3) is 0 Å². The number of rotatable bonds is 0. The van der Waals surface area contributed by atoms with E-state index in [2.05, 4.69) is 39.7 Å². The zero-order valence-electron chi connectivity index (χ0n) is 6.20. The van der Waals surface area contributed by atoms with E-state index in [1.165, 1.54) is 14.3 Å². The Morgan fingerprint density at radius 2 is 1.83 bits per heavy atom. The van der Waals surface area contributed by atoms with Crippen LogP contribution in [0.25, 0.3) is 10.8 Å². The lowest BCUT2D eigenvalue weighted by Crippen LogP contribution is -1.78. The summed E-state index contributed by atoms with van der Waals surface area (Å²) >= 11 is 2.30. The second-order valence-corrected chi connectivity index (χ2v) is 3.50. The van der Waals surface area contributed by atoms with Crippen molar-refractivity contribution >= 4 is 57.3 Å². The van der Waals surface area contributed by atoms with Crippen LogP contribution < -0.4 is 0 Å². The van der Waals surface area contributed by atoms with Crippen LogP contribution in [0.3, 0.4) is 0 Å². The zero-order chi connectivity index (χ0) is 7.68. The Balaban J connectivity index is 0.000000720. The summed E-state index contributed by atoms with van der Waals surface area (Å²) in [5, 5.41) is 2.49. The summed E-state index contributed by atoms with van der Waals surface area (Å²) in [7, 11) is 0. The molecule has 0 spiro atoms. The van der Waals surface area contributed by atoms with Crippen LogP contribution in [0.2, 0.25) is 0 Å². The van der Waals surface area contributed by atoms with Gasteiger partial charge in [-0.05, 0) is 28.0 Å². The number of pyridine rings is 1. The van der Waals surface area contributed by atoms with E-state index in [0.29, 0.717) is 0 Å². The van der Waals surface area contributed by atoms with Crippen molar-refractivity contribution in [3.63, 3.8) is 0 Å². The van der Waals surface area contributed by atoms with Crippen LogP contribution in [0, 0.1) is 3.57 Å². The highest BCUT2D eigenvalue weighted by Crippen LogP contribution is 2.17. The summed E-state index contributed by atoms with van der Waals surface area (Å²) in [6.07, 6.45) is 3.76. The van der Waals surface area contributed by atoms with Gasteiger partial charge in [-0.15, -0.1) is 24.0 Å². The fourth-order valence-corrected chi connectivity index (χ4v) is 1.73. The molecule has 0 radical (unpaired) electrons. The summed E-state index contributed by atoms with van der Waals surface area (Å²) in [4.78, 5) is 4.10. The van der Waals surface area contributed by atoms with E-state index < -0.39 is 0 Å². The van der Waals surface area contributed by atoms with Gasteiger partial charge in [0.15, 0.2) is 0 Å². The van der Waals surface area contributed by atoms with Gasteiger partial charge >= 0.3 is 0 Å². The van der Waals surface area contributed by atoms with Gasteiger partial charge in [-0.3, -0.25) is 4.98 Å². The quantitative estimate of drug-likeness (QED) is 0.636. The number of aromatic nitrogens is 1. The molecule has 12 heavy (non-hydrogen) atoms. The molecule has 0 atom stereocenters. The molecular formula is C9H7I2N. The molecule has 0 saturated heterocycles. The van der Waals surface area contributed by atoms with Crippen LogP contribution in [0.15, 0.2) is 36.7 Å². The van der Waals surface area contributed by atoms with E-state index in [0.717, 1.165) is 0 Å². The monoisotopic (exact) mass is 383 g/mol. The second-order valence-electron chi connectivity index (χ2n) is 2.34. The van der Waals surface area contributed by atoms with E-state index in [9.17, 15) is 0 Å². The fourth-order valence-electron chi connectivity index (χ4n) is 1.08. The summed E-state index contributed by atoms with van der Waals surface area (Å²) in [6.45, 7) is 0. The first-order valence-electron chi connectivity index (χ1n) is 3.36. The third-order valence-electron chi connectivity index (χ3n) is 1.62. The van der Waals surface area contributed by atoms with Gasteiger partial charge in [-0.25, -0.2) is 0 Å². The molecule has 2 rings (SSSR count). The lowest BCUT2D eigenvalue weighted by molar-refractivity contribution is 1.35. The molecular weight excluding hydrogens is 376 g/mol. The predicted octanol–water partition coefficient (Wildman–Crippen LogP) is 3.46. The van der Waals surface area contributed by atoms with Gasteiger partial charge in [0.2, 0.25) is 0 Å². The molecule has 0 fully saturated rings. The average molecular weight is 383 g/mol. The maximum absolute atomic E-state index is 4.10. The molecule has 0 N–H and O–H groups in total. The topological polar surface area (TPSA) is 12.9 Å². The summed E-state index contributed by atoms with van der Waals surface area (Å²) in [5.74, 6) is 0. The molecule has 1 nitrogen and oxygen atoms in total. The van der Waals surface area contributed by atoms with Gasteiger partial charge in [0.05, 0.1) is 0 Å². The Morgan fingerprint density at radius 1 is 1.08 bits per heavy atom. The molecule has 1 heterocycles. The molecule has 2 aromatic rings. The van der Waals surface area contributed by atoms with Gasteiger partial charge in [0.1, 0.15) is 0 Å². The smallest absolute Gasteiger partial charge is 0.0408 e. The van der Waals surface area contributed by atoms with Crippen LogP contribution in [-0.2, 0) is 0 Å². The first kappa shape index (κ1) is 10.2. The zero-order valence-corrected chi connectivity index (χ0v) is 10.7. The second kappa shape index (κ2) is 4.36. The highest BCUT2D eigenvalue weighted by molar-refractivity contribution is 14.1. The number of fused-ring (bicyclic) bond motifs is 1. The summed E-state index contributed by atoms with van der Waals surface area (Å²) in [6, 6.07) is 8.26. The third-order valence-corrected chi connectivity index (χ3v) is 2.48. The molecule has 3 heteroatoms. The number of benzene rings is 1. The van der Waals surface area contributed by atoms with Crippen LogP contribution in [0.4, 0.5) is 0 Å². The van der Waals surface area contributed by atoms with Crippen LogP contribution in [0.5, 0.6) is 0 Å². The first-order chi connectivity index (χ1) is 5.38. The molecule has 1 aromatic heterocycles. The van der Waals surface area contributed by atoms with Crippen molar-refractivity contribution in [3.05, 3.63) is 40.2 Å². The Bertz CT molecular complexity index is 382. The highest BCUT2D eigenvalue weighted by Gasteiger charge is 1.94. The minimum absolute atomic E-state index is 0.